The highest BCUT2D eigenvalue weighted by Crippen LogP contribution is 2.60. The Bertz CT molecular complexity index is 1350. The van der Waals surface area contributed by atoms with Crippen molar-refractivity contribution in [2.75, 3.05) is 0 Å². The molecule has 6 atom stereocenters. The number of halogens is 4. The molecule has 10 heteroatoms. The summed E-state index contributed by atoms with van der Waals surface area (Å²) < 4.78 is 79.3. The lowest BCUT2D eigenvalue weighted by Crippen LogP contribution is -2.47. The van der Waals surface area contributed by atoms with E-state index in [0.717, 1.165) is 37.0 Å². The lowest BCUT2D eigenvalue weighted by Gasteiger charge is -2.50. The highest BCUT2D eigenvalue weighted by molar-refractivity contribution is 7.88. The monoisotopic (exact) mass is 537 g/mol. The van der Waals surface area contributed by atoms with Crippen LogP contribution in [0.3, 0.4) is 0 Å². The van der Waals surface area contributed by atoms with E-state index in [1.54, 1.807) is 6.07 Å². The van der Waals surface area contributed by atoms with Crippen LogP contribution < -0.4 is 4.18 Å². The molecule has 5 rings (SSSR count). The summed E-state index contributed by atoms with van der Waals surface area (Å²) in [5, 5.41) is 21.0. The number of nitrogens with zero attached hydrogens (tertiary/aromatic N) is 1. The maximum Gasteiger partial charge on any atom is 0.534 e. The van der Waals surface area contributed by atoms with Gasteiger partial charge in [-0.05, 0) is 96.6 Å². The summed E-state index contributed by atoms with van der Waals surface area (Å²) in [5.41, 5.74) is -4.15. The maximum absolute atomic E-state index is 14.9. The van der Waals surface area contributed by atoms with Gasteiger partial charge in [0.1, 0.15) is 17.6 Å². The van der Waals surface area contributed by atoms with Crippen molar-refractivity contribution >= 4 is 10.1 Å². The smallest absolute Gasteiger partial charge is 0.389 e. The third-order valence-electron chi connectivity index (χ3n) is 8.75. The normalized spacial score (nSPS) is 31.1. The van der Waals surface area contributed by atoms with Gasteiger partial charge < -0.3 is 9.29 Å². The molecule has 0 bridgehead atoms. The average molecular weight is 538 g/mol. The molecule has 0 saturated heterocycles. The molecule has 0 spiro atoms. The van der Waals surface area contributed by atoms with E-state index in [4.69, 9.17) is 0 Å². The van der Waals surface area contributed by atoms with Gasteiger partial charge in [-0.3, -0.25) is 0 Å². The van der Waals surface area contributed by atoms with E-state index in [9.17, 15) is 36.3 Å². The van der Waals surface area contributed by atoms with Gasteiger partial charge in [-0.25, -0.2) is 4.39 Å². The number of aliphatic hydroxyl groups is 1. The van der Waals surface area contributed by atoms with E-state index in [2.05, 4.69) is 11.1 Å². The molecule has 4 unspecified atom stereocenters. The molecular weight excluding hydrogens is 510 g/mol. The van der Waals surface area contributed by atoms with E-state index < -0.39 is 32.8 Å². The highest BCUT2D eigenvalue weighted by atomic mass is 32.2. The number of benzene rings is 2. The molecule has 0 aliphatic heterocycles. The van der Waals surface area contributed by atoms with Crippen LogP contribution in [-0.2, 0) is 23.0 Å². The zero-order valence-electron chi connectivity index (χ0n) is 20.1. The number of alkyl halides is 3. The maximum atomic E-state index is 14.9. The van der Waals surface area contributed by atoms with Crippen LogP contribution in [0.15, 0.2) is 36.4 Å². The molecule has 3 aliphatic carbocycles. The molecule has 3 aliphatic rings. The Morgan fingerprint density at radius 2 is 1.84 bits per heavy atom. The summed E-state index contributed by atoms with van der Waals surface area (Å²) in [7, 11) is -5.75. The van der Waals surface area contributed by atoms with Crippen LogP contribution in [0.2, 0.25) is 0 Å². The van der Waals surface area contributed by atoms with Gasteiger partial charge in [-0.1, -0.05) is 25.1 Å². The minimum absolute atomic E-state index is 0.0139. The van der Waals surface area contributed by atoms with Crippen LogP contribution in [0.1, 0.15) is 60.8 Å². The van der Waals surface area contributed by atoms with Crippen LogP contribution in [0.25, 0.3) is 0 Å². The Kier molecular flexibility index (Phi) is 6.31. The van der Waals surface area contributed by atoms with Crippen molar-refractivity contribution in [3.05, 3.63) is 64.5 Å². The quantitative estimate of drug-likeness (QED) is 0.311. The third kappa shape index (κ3) is 4.40. The molecule has 2 fully saturated rings. The number of hydrogen-bond donors (Lipinski definition) is 1. The predicted molar refractivity (Wildman–Crippen MR) is 126 cm³/mol. The molecule has 0 radical (unpaired) electrons. The zero-order valence-corrected chi connectivity index (χ0v) is 20.9. The van der Waals surface area contributed by atoms with Gasteiger partial charge in [0.25, 0.3) is 0 Å². The summed E-state index contributed by atoms with van der Waals surface area (Å²) in [6.07, 6.45) is 3.85. The SMILES string of the molecule is C[C@@H]1CC2c3ccc(C#N)c(F)c3CCC2C2CC[C@@](O)(Cc3ccc(OS(=O)(=O)C(F)(F)F)cc3)C21. The molecule has 0 amide bonds. The minimum Gasteiger partial charge on any atom is -0.389 e. The molecule has 2 aromatic carbocycles. The van der Waals surface area contributed by atoms with Crippen molar-refractivity contribution in [1.29, 1.82) is 5.26 Å². The fourth-order valence-electron chi connectivity index (χ4n) is 7.42. The first-order valence-electron chi connectivity index (χ1n) is 12.4. The predicted octanol–water partition coefficient (Wildman–Crippen LogP) is 5.61. The fourth-order valence-corrected chi connectivity index (χ4v) is 7.88. The van der Waals surface area contributed by atoms with E-state index >= 15 is 0 Å². The Balaban J connectivity index is 1.34. The van der Waals surface area contributed by atoms with Gasteiger partial charge in [0.05, 0.1) is 11.2 Å². The van der Waals surface area contributed by atoms with Crippen LogP contribution >= 0.6 is 0 Å². The van der Waals surface area contributed by atoms with Gasteiger partial charge in [0.2, 0.25) is 0 Å². The first-order valence-corrected chi connectivity index (χ1v) is 13.8. The number of fused-ring (bicyclic) bond motifs is 5. The molecule has 37 heavy (non-hydrogen) atoms. The number of hydrogen-bond acceptors (Lipinski definition) is 5. The van der Waals surface area contributed by atoms with Gasteiger partial charge >= 0.3 is 15.6 Å². The topological polar surface area (TPSA) is 87.4 Å². The van der Waals surface area contributed by atoms with Crippen molar-refractivity contribution in [2.45, 2.75) is 62.5 Å². The largest absolute Gasteiger partial charge is 0.534 e. The van der Waals surface area contributed by atoms with Crippen molar-refractivity contribution in [3.8, 4) is 11.8 Å². The van der Waals surface area contributed by atoms with Crippen molar-refractivity contribution in [3.63, 3.8) is 0 Å². The average Bonchev–Trinajstić information content (AvgIpc) is 3.17. The van der Waals surface area contributed by atoms with Crippen LogP contribution in [0.4, 0.5) is 17.6 Å². The van der Waals surface area contributed by atoms with E-state index in [-0.39, 0.29) is 29.2 Å². The van der Waals surface area contributed by atoms with E-state index in [0.29, 0.717) is 36.3 Å². The first kappa shape index (κ1) is 26.0. The summed E-state index contributed by atoms with van der Waals surface area (Å²) in [6, 6.07) is 10.7. The standard InChI is InChI=1S/C27H27F4NO4S/c1-15-12-23-19(8-9-22-20(23)7-4-17(14-32)25(22)28)21-10-11-26(33,24(15)21)13-16-2-5-18(6-3-16)36-37(34,35)27(29,30)31/h2-7,15,19,21,23-24,33H,8-13H2,1H3/t15-,19?,21?,23?,24?,26-/m1/s1. The van der Waals surface area contributed by atoms with Crippen LogP contribution in [0, 0.1) is 40.8 Å². The molecule has 1 N–H and O–H groups in total. The van der Waals surface area contributed by atoms with Crippen molar-refractivity contribution in [1.82, 2.24) is 0 Å². The first-order chi connectivity index (χ1) is 17.3. The second-order valence-electron chi connectivity index (χ2n) is 10.8. The Morgan fingerprint density at radius 3 is 2.49 bits per heavy atom. The fraction of sp³-hybridized carbons (Fsp3) is 0.519. The molecule has 0 heterocycles. The lowest BCUT2D eigenvalue weighted by atomic mass is 9.56. The summed E-state index contributed by atoms with van der Waals surface area (Å²) in [5.74, 6) is 0.0497. The molecule has 5 nitrogen and oxygen atoms in total. The second-order valence-corrected chi connectivity index (χ2v) is 12.3. The minimum atomic E-state index is -5.75. The highest BCUT2D eigenvalue weighted by Gasteiger charge is 2.56. The number of rotatable bonds is 4. The Hall–Kier alpha value is -2.64. The van der Waals surface area contributed by atoms with E-state index in [1.807, 2.05) is 12.1 Å². The summed E-state index contributed by atoms with van der Waals surface area (Å²) in [6.45, 7) is 2.11. The third-order valence-corrected chi connectivity index (χ3v) is 9.73. The Labute approximate surface area is 213 Å². The van der Waals surface area contributed by atoms with Crippen LogP contribution in [0.5, 0.6) is 5.75 Å². The Morgan fingerprint density at radius 1 is 1.14 bits per heavy atom. The number of nitriles is 1. The van der Waals surface area contributed by atoms with Crippen LogP contribution in [-0.4, -0.2) is 24.6 Å². The lowest BCUT2D eigenvalue weighted by molar-refractivity contribution is -0.0604. The summed E-state index contributed by atoms with van der Waals surface area (Å²) >= 11 is 0. The second kappa shape index (κ2) is 8.98. The van der Waals surface area contributed by atoms with Crippen molar-refractivity contribution < 1.29 is 35.3 Å². The molecule has 198 valence electrons. The van der Waals surface area contributed by atoms with Gasteiger partial charge in [0, 0.05) is 6.42 Å². The van der Waals surface area contributed by atoms with E-state index in [1.165, 1.54) is 12.1 Å². The molecule has 2 aromatic rings. The molecule has 0 aromatic heterocycles. The van der Waals surface area contributed by atoms with Gasteiger partial charge in [-0.15, -0.1) is 0 Å². The van der Waals surface area contributed by atoms with Gasteiger partial charge in [0.15, 0.2) is 0 Å². The molecular formula is C27H27F4NO4S. The molecule has 2 saturated carbocycles. The van der Waals surface area contributed by atoms with Crippen molar-refractivity contribution in [2.24, 2.45) is 23.7 Å². The van der Waals surface area contributed by atoms with Gasteiger partial charge in [-0.2, -0.15) is 26.9 Å². The zero-order chi connectivity index (χ0) is 26.8. The summed E-state index contributed by atoms with van der Waals surface area (Å²) in [4.78, 5) is 0.